The van der Waals surface area contributed by atoms with E-state index in [1.54, 1.807) is 24.3 Å². The Bertz CT molecular complexity index is 645. The molecule has 1 amide bonds. The number of rotatable bonds is 4. The van der Waals surface area contributed by atoms with E-state index >= 15 is 0 Å². The van der Waals surface area contributed by atoms with Gasteiger partial charge in [-0.1, -0.05) is 0 Å². The Balaban J connectivity index is 1.66. The number of amides is 1. The first-order valence-corrected chi connectivity index (χ1v) is 9.50. The maximum atomic E-state index is 12.4. The Labute approximate surface area is 136 Å². The molecule has 2 saturated heterocycles. The van der Waals surface area contributed by atoms with Crippen LogP contribution in [0.25, 0.3) is 0 Å². The SMILES string of the molecule is O=C(Nc1ccc(S(=O)(=O)N2CCCC2)cc1)C1CCOCC1. The van der Waals surface area contributed by atoms with Crippen molar-refractivity contribution in [1.82, 2.24) is 4.31 Å². The van der Waals surface area contributed by atoms with Crippen LogP contribution in [0, 0.1) is 5.92 Å². The zero-order valence-corrected chi connectivity index (χ0v) is 13.8. The van der Waals surface area contributed by atoms with Gasteiger partial charge in [-0.25, -0.2) is 8.42 Å². The van der Waals surface area contributed by atoms with Crippen LogP contribution in [0.4, 0.5) is 5.69 Å². The third-order valence-corrected chi connectivity index (χ3v) is 6.33. The summed E-state index contributed by atoms with van der Waals surface area (Å²) in [5.74, 6) is -0.0554. The summed E-state index contributed by atoms with van der Waals surface area (Å²) in [4.78, 5) is 12.4. The van der Waals surface area contributed by atoms with Crippen molar-refractivity contribution >= 4 is 21.6 Å². The summed E-state index contributed by atoms with van der Waals surface area (Å²) in [5, 5.41) is 2.86. The lowest BCUT2D eigenvalue weighted by Gasteiger charge is -2.21. The second kappa shape index (κ2) is 6.98. The standard InChI is InChI=1S/C16H22N2O4S/c19-16(13-7-11-22-12-8-13)17-14-3-5-15(6-4-14)23(20,21)18-9-1-2-10-18/h3-6,13H,1-2,7-12H2,(H,17,19). The molecule has 3 rings (SSSR count). The largest absolute Gasteiger partial charge is 0.381 e. The molecule has 0 aromatic heterocycles. The number of ether oxygens (including phenoxy) is 1. The minimum atomic E-state index is -3.40. The Morgan fingerprint density at radius 3 is 2.30 bits per heavy atom. The van der Waals surface area contributed by atoms with E-state index in [2.05, 4.69) is 5.32 Å². The second-order valence-electron chi connectivity index (χ2n) is 6.01. The number of benzene rings is 1. The number of anilines is 1. The number of hydrogen-bond acceptors (Lipinski definition) is 4. The van der Waals surface area contributed by atoms with Crippen LogP contribution in [-0.2, 0) is 19.6 Å². The van der Waals surface area contributed by atoms with Crippen LogP contribution in [0.15, 0.2) is 29.2 Å². The third-order valence-electron chi connectivity index (χ3n) is 4.42. The first-order valence-electron chi connectivity index (χ1n) is 8.06. The highest BCUT2D eigenvalue weighted by Gasteiger charge is 2.27. The fourth-order valence-corrected chi connectivity index (χ4v) is 4.51. The van der Waals surface area contributed by atoms with Crippen molar-refractivity contribution in [2.24, 2.45) is 5.92 Å². The van der Waals surface area contributed by atoms with Crippen LogP contribution in [-0.4, -0.2) is 44.9 Å². The molecule has 6 nitrogen and oxygen atoms in total. The molecule has 0 saturated carbocycles. The van der Waals surface area contributed by atoms with E-state index in [1.165, 1.54) is 4.31 Å². The monoisotopic (exact) mass is 338 g/mol. The molecule has 0 radical (unpaired) electrons. The quantitative estimate of drug-likeness (QED) is 0.909. The van der Waals surface area contributed by atoms with Gasteiger partial charge in [0.2, 0.25) is 15.9 Å². The van der Waals surface area contributed by atoms with Gasteiger partial charge >= 0.3 is 0 Å². The molecule has 1 aromatic carbocycles. The molecule has 126 valence electrons. The molecule has 2 aliphatic rings. The topological polar surface area (TPSA) is 75.7 Å². The van der Waals surface area contributed by atoms with E-state index in [1.807, 2.05) is 0 Å². The Morgan fingerprint density at radius 2 is 1.70 bits per heavy atom. The molecule has 7 heteroatoms. The first kappa shape index (κ1) is 16.4. The van der Waals surface area contributed by atoms with Crippen molar-refractivity contribution in [2.75, 3.05) is 31.6 Å². The lowest BCUT2D eigenvalue weighted by Crippen LogP contribution is -2.29. The molecule has 1 N–H and O–H groups in total. The summed E-state index contributed by atoms with van der Waals surface area (Å²) in [6.45, 7) is 2.41. The molecular formula is C16H22N2O4S. The van der Waals surface area contributed by atoms with Crippen LogP contribution in [0.1, 0.15) is 25.7 Å². The summed E-state index contributed by atoms with van der Waals surface area (Å²) >= 11 is 0. The Morgan fingerprint density at radius 1 is 1.09 bits per heavy atom. The average Bonchev–Trinajstić information content (AvgIpc) is 3.11. The van der Waals surface area contributed by atoms with Gasteiger partial charge in [0, 0.05) is 37.9 Å². The normalized spacial score (nSPS) is 20.5. The minimum Gasteiger partial charge on any atom is -0.381 e. The number of carbonyl (C=O) groups is 1. The summed E-state index contributed by atoms with van der Waals surface area (Å²) in [6, 6.07) is 6.43. The van der Waals surface area contributed by atoms with Crippen LogP contribution < -0.4 is 5.32 Å². The molecular weight excluding hydrogens is 316 g/mol. The molecule has 0 unspecified atom stereocenters. The summed E-state index contributed by atoms with van der Waals surface area (Å²) in [5.41, 5.74) is 0.627. The van der Waals surface area contributed by atoms with Gasteiger partial charge in [-0.3, -0.25) is 4.79 Å². The van der Waals surface area contributed by atoms with E-state index in [-0.39, 0.29) is 16.7 Å². The van der Waals surface area contributed by atoms with E-state index in [4.69, 9.17) is 4.74 Å². The maximum absolute atomic E-state index is 12.4. The molecule has 0 spiro atoms. The number of carbonyl (C=O) groups excluding carboxylic acids is 1. The van der Waals surface area contributed by atoms with Gasteiger partial charge in [-0.15, -0.1) is 0 Å². The number of hydrogen-bond donors (Lipinski definition) is 1. The smallest absolute Gasteiger partial charge is 0.243 e. The van der Waals surface area contributed by atoms with Crippen LogP contribution in [0.3, 0.4) is 0 Å². The predicted molar refractivity (Wildman–Crippen MR) is 86.6 cm³/mol. The van der Waals surface area contributed by atoms with Gasteiger partial charge in [-0.05, 0) is 49.9 Å². The lowest BCUT2D eigenvalue weighted by atomic mass is 9.99. The number of nitrogens with zero attached hydrogens (tertiary/aromatic N) is 1. The first-order chi connectivity index (χ1) is 11.1. The molecule has 2 aliphatic heterocycles. The zero-order chi connectivity index (χ0) is 16.3. The summed E-state index contributed by atoms with van der Waals surface area (Å²) in [6.07, 6.45) is 3.29. The molecule has 2 heterocycles. The molecule has 1 aromatic rings. The number of nitrogens with one attached hydrogen (secondary N) is 1. The molecule has 2 fully saturated rings. The zero-order valence-electron chi connectivity index (χ0n) is 13.0. The van der Waals surface area contributed by atoms with E-state index < -0.39 is 10.0 Å². The van der Waals surface area contributed by atoms with Crippen molar-refractivity contribution in [3.63, 3.8) is 0 Å². The minimum absolute atomic E-state index is 0.0246. The molecule has 0 bridgehead atoms. The second-order valence-corrected chi connectivity index (χ2v) is 7.95. The third kappa shape index (κ3) is 3.73. The van der Waals surface area contributed by atoms with Gasteiger partial charge in [0.1, 0.15) is 0 Å². The Kier molecular flexibility index (Phi) is 4.99. The van der Waals surface area contributed by atoms with Crippen LogP contribution >= 0.6 is 0 Å². The fraction of sp³-hybridized carbons (Fsp3) is 0.562. The van der Waals surface area contributed by atoms with Gasteiger partial charge in [0.05, 0.1) is 4.90 Å². The van der Waals surface area contributed by atoms with Gasteiger partial charge in [0.25, 0.3) is 0 Å². The summed E-state index contributed by atoms with van der Waals surface area (Å²) in [7, 11) is -3.40. The maximum Gasteiger partial charge on any atom is 0.243 e. The van der Waals surface area contributed by atoms with Gasteiger partial charge < -0.3 is 10.1 Å². The average molecular weight is 338 g/mol. The lowest BCUT2D eigenvalue weighted by molar-refractivity contribution is -0.122. The van der Waals surface area contributed by atoms with E-state index in [0.717, 1.165) is 25.7 Å². The number of sulfonamides is 1. The van der Waals surface area contributed by atoms with Crippen molar-refractivity contribution in [3.8, 4) is 0 Å². The molecule has 0 atom stereocenters. The highest BCUT2D eigenvalue weighted by molar-refractivity contribution is 7.89. The highest BCUT2D eigenvalue weighted by Crippen LogP contribution is 2.23. The van der Waals surface area contributed by atoms with Crippen molar-refractivity contribution < 1.29 is 17.9 Å². The predicted octanol–water partition coefficient (Wildman–Crippen LogP) is 1.84. The van der Waals surface area contributed by atoms with Crippen molar-refractivity contribution in [2.45, 2.75) is 30.6 Å². The van der Waals surface area contributed by atoms with Crippen LogP contribution in [0.2, 0.25) is 0 Å². The van der Waals surface area contributed by atoms with Crippen molar-refractivity contribution in [3.05, 3.63) is 24.3 Å². The van der Waals surface area contributed by atoms with Gasteiger partial charge in [0.15, 0.2) is 0 Å². The molecule has 0 aliphatic carbocycles. The van der Waals surface area contributed by atoms with Crippen LogP contribution in [0.5, 0.6) is 0 Å². The van der Waals surface area contributed by atoms with Crippen molar-refractivity contribution in [1.29, 1.82) is 0 Å². The highest BCUT2D eigenvalue weighted by atomic mass is 32.2. The van der Waals surface area contributed by atoms with Gasteiger partial charge in [-0.2, -0.15) is 4.31 Å². The fourth-order valence-electron chi connectivity index (χ4n) is 2.99. The Hall–Kier alpha value is -1.44. The summed E-state index contributed by atoms with van der Waals surface area (Å²) < 4.78 is 31.6. The van der Waals surface area contributed by atoms with E-state index in [9.17, 15) is 13.2 Å². The molecule has 23 heavy (non-hydrogen) atoms. The van der Waals surface area contributed by atoms with E-state index in [0.29, 0.717) is 32.0 Å².